The third-order valence-electron chi connectivity index (χ3n) is 7.82. The monoisotopic (exact) mass is 595 g/mol. The third kappa shape index (κ3) is 6.26. The predicted octanol–water partition coefficient (Wildman–Crippen LogP) is -7.91. The van der Waals surface area contributed by atoms with Crippen LogP contribution >= 0.6 is 0 Å². The number of likely N-dealkylation sites (N-methyl/N-ethyl adjacent to an activating group) is 1. The smallest absolute Gasteiger partial charge is 0.186 e. The van der Waals surface area contributed by atoms with E-state index < -0.39 is 116 Å². The van der Waals surface area contributed by atoms with E-state index in [9.17, 15) is 40.5 Å². The molecule has 0 aromatic heterocycles. The number of nitrogens with two attached hydrogens (primary N) is 4. The summed E-state index contributed by atoms with van der Waals surface area (Å²) >= 11 is 0. The summed E-state index contributed by atoms with van der Waals surface area (Å²) in [4.78, 5) is 20.1. The fourth-order valence-corrected chi connectivity index (χ4v) is 5.41. The first-order valence-electron chi connectivity index (χ1n) is 12.8. The highest BCUT2D eigenvalue weighted by Gasteiger charge is 2.61. The van der Waals surface area contributed by atoms with Crippen molar-refractivity contribution in [3.63, 3.8) is 0 Å². The van der Waals surface area contributed by atoms with Crippen LogP contribution in [0.3, 0.4) is 0 Å². The van der Waals surface area contributed by atoms with Crippen LogP contribution in [0.2, 0.25) is 0 Å². The van der Waals surface area contributed by atoms with E-state index in [1.54, 1.807) is 0 Å². The lowest BCUT2D eigenvalue weighted by molar-refractivity contribution is -0.312. The van der Waals surface area contributed by atoms with Crippen molar-refractivity contribution in [1.82, 2.24) is 5.32 Å². The highest BCUT2D eigenvalue weighted by molar-refractivity contribution is 5.76. The van der Waals surface area contributed by atoms with Gasteiger partial charge in [0.05, 0.1) is 25.4 Å². The summed E-state index contributed by atoms with van der Waals surface area (Å²) in [7, 11) is 1.44. The summed E-state index contributed by atoms with van der Waals surface area (Å²) in [5, 5.41) is 76.2. The first kappa shape index (κ1) is 33.2. The molecule has 3 fully saturated rings. The van der Waals surface area contributed by atoms with Crippen molar-refractivity contribution in [2.75, 3.05) is 20.3 Å². The number of aliphatic hydroxyl groups excluding tert-OH is 7. The van der Waals surface area contributed by atoms with E-state index >= 15 is 0 Å². The molecule has 16 N–H and O–H groups in total. The second-order valence-electron chi connectivity index (χ2n) is 10.3. The molecule has 2 saturated heterocycles. The molecule has 19 heteroatoms. The lowest BCUT2D eigenvalue weighted by Gasteiger charge is -2.45. The molecule has 19 nitrogen and oxygen atoms in total. The maximum Gasteiger partial charge on any atom is 0.186 e. The number of aldehydes is 1. The molecule has 3 rings (SSSR count). The highest BCUT2D eigenvalue weighted by atomic mass is 16.8. The van der Waals surface area contributed by atoms with Crippen LogP contribution < -0.4 is 28.3 Å². The van der Waals surface area contributed by atoms with E-state index in [0.29, 0.717) is 6.29 Å². The lowest BCUT2D eigenvalue weighted by Crippen LogP contribution is -2.66. The molecule has 2 aliphatic heterocycles. The molecule has 0 aromatic carbocycles. The molecule has 0 bridgehead atoms. The zero-order chi connectivity index (χ0) is 30.8. The van der Waals surface area contributed by atoms with Gasteiger partial charge >= 0.3 is 0 Å². The largest absolute Gasteiger partial charge is 0.395 e. The Morgan fingerprint density at radius 2 is 1.49 bits per heavy atom. The number of carbonyl (C=O) groups excluding carboxylic acids is 1. The predicted molar refractivity (Wildman–Crippen MR) is 137 cm³/mol. The van der Waals surface area contributed by atoms with E-state index in [0.717, 1.165) is 0 Å². The topological polar surface area (TPSA) is 336 Å². The van der Waals surface area contributed by atoms with Crippen LogP contribution in [0.5, 0.6) is 0 Å². The Morgan fingerprint density at radius 1 is 0.878 bits per heavy atom. The Labute approximate surface area is 234 Å². The average Bonchev–Trinajstić information content (AvgIpc) is 3.18. The van der Waals surface area contributed by atoms with Gasteiger partial charge in [0.15, 0.2) is 24.5 Å². The summed E-state index contributed by atoms with van der Waals surface area (Å²) in [6, 6.07) is -4.02. The lowest BCUT2D eigenvalue weighted by atomic mass is 9.80. The second-order valence-corrected chi connectivity index (χ2v) is 10.3. The van der Waals surface area contributed by atoms with E-state index in [1.807, 2.05) is 0 Å². The van der Waals surface area contributed by atoms with E-state index in [4.69, 9.17) is 41.9 Å². The molecule has 0 aromatic rings. The van der Waals surface area contributed by atoms with E-state index in [-0.39, 0.29) is 0 Å². The van der Waals surface area contributed by atoms with Crippen LogP contribution in [-0.4, -0.2) is 160 Å². The minimum absolute atomic E-state index is 0.390. The van der Waals surface area contributed by atoms with Crippen molar-refractivity contribution in [1.29, 1.82) is 0 Å². The highest BCUT2D eigenvalue weighted by Crippen LogP contribution is 2.43. The van der Waals surface area contributed by atoms with Gasteiger partial charge in [-0.1, -0.05) is 0 Å². The van der Waals surface area contributed by atoms with Gasteiger partial charge in [0.1, 0.15) is 72.6 Å². The number of aliphatic hydroxyl groups is 7. The van der Waals surface area contributed by atoms with Gasteiger partial charge in [-0.05, 0) is 14.0 Å². The number of hydrogen-bond acceptors (Lipinski definition) is 15. The summed E-state index contributed by atoms with van der Waals surface area (Å²) in [5.74, 6) is -1.01. The van der Waals surface area contributed by atoms with Crippen LogP contribution in [0.15, 0.2) is 9.98 Å². The first-order valence-corrected chi connectivity index (χ1v) is 12.8. The number of hydrogen-bond donors (Lipinski definition) is 12. The maximum atomic E-state index is 12.4. The van der Waals surface area contributed by atoms with Gasteiger partial charge in [-0.2, -0.15) is 0 Å². The van der Waals surface area contributed by atoms with Gasteiger partial charge in [0.2, 0.25) is 0 Å². The van der Waals surface area contributed by atoms with Crippen molar-refractivity contribution in [2.45, 2.75) is 92.6 Å². The normalized spacial score (nSPS) is 46.6. The molecule has 3 aliphatic rings. The molecule has 15 atom stereocenters. The average molecular weight is 596 g/mol. The van der Waals surface area contributed by atoms with Gasteiger partial charge in [-0.3, -0.25) is 0 Å². The Bertz CT molecular complexity index is 956. The number of rotatable bonds is 10. The summed E-state index contributed by atoms with van der Waals surface area (Å²) in [6.45, 7) is -0.0534. The number of ether oxygens (including phenoxy) is 4. The number of aliphatic imine (C=N–C) groups is 2. The fraction of sp³-hybridized carbons (Fsp3) is 0.864. The van der Waals surface area contributed by atoms with Crippen LogP contribution in [-0.2, 0) is 23.7 Å². The maximum absolute atomic E-state index is 12.4. The van der Waals surface area contributed by atoms with Crippen molar-refractivity contribution < 1.29 is 59.5 Å². The van der Waals surface area contributed by atoms with E-state index in [2.05, 4.69) is 15.3 Å². The molecule has 0 amide bonds. The number of nitrogens with zero attached hydrogens (tertiary/aromatic N) is 2. The minimum atomic E-state index is -1.83. The van der Waals surface area contributed by atoms with Gasteiger partial charge in [0.25, 0.3) is 0 Å². The molecule has 236 valence electrons. The third-order valence-corrected chi connectivity index (χ3v) is 7.82. The Kier molecular flexibility index (Phi) is 10.8. The first-order chi connectivity index (χ1) is 19.3. The zero-order valence-electron chi connectivity index (χ0n) is 22.5. The molecular weight excluding hydrogens is 554 g/mol. The molecule has 1 aliphatic carbocycles. The molecule has 41 heavy (non-hydrogen) atoms. The van der Waals surface area contributed by atoms with Crippen molar-refractivity contribution in [2.24, 2.45) is 38.3 Å². The van der Waals surface area contributed by atoms with Crippen LogP contribution in [0.1, 0.15) is 6.92 Å². The van der Waals surface area contributed by atoms with Gasteiger partial charge in [0, 0.05) is 0 Å². The minimum Gasteiger partial charge on any atom is -0.395 e. The second kappa shape index (κ2) is 13.4. The fourth-order valence-electron chi connectivity index (χ4n) is 5.41. The number of guanidine groups is 2. The standard InChI is InChI=1S/C22H41N7O12/c1-6-22(4-31,5-32)17(41-18-10(27-2)14(36)11(33)7(3-30)39-18)19(38-6)40-16-9(29-21(25)26)12(34)8(28-20(23)24)13(35)15(16)37/h4,6-19,27,30,32-37H,3,5H2,1-2H3,(H4,23,24,28)(H4,25,26,29). The molecular formula is C22H41N7O12. The van der Waals surface area contributed by atoms with Crippen molar-refractivity contribution in [3.05, 3.63) is 0 Å². The molecule has 1 saturated carbocycles. The van der Waals surface area contributed by atoms with E-state index in [1.165, 1.54) is 14.0 Å². The summed E-state index contributed by atoms with van der Waals surface area (Å²) in [5.41, 5.74) is 20.1. The Morgan fingerprint density at radius 3 is 2.00 bits per heavy atom. The summed E-state index contributed by atoms with van der Waals surface area (Å²) in [6.07, 6.45) is -16.4. The number of carbonyl (C=O) groups is 1. The van der Waals surface area contributed by atoms with Crippen molar-refractivity contribution >= 4 is 18.2 Å². The van der Waals surface area contributed by atoms with Crippen LogP contribution in [0.25, 0.3) is 0 Å². The van der Waals surface area contributed by atoms with Crippen LogP contribution in [0.4, 0.5) is 0 Å². The Hall–Kier alpha value is -2.27. The van der Waals surface area contributed by atoms with Crippen LogP contribution in [0, 0.1) is 5.41 Å². The molecule has 2 heterocycles. The van der Waals surface area contributed by atoms with Crippen molar-refractivity contribution in [3.8, 4) is 0 Å². The van der Waals surface area contributed by atoms with Gasteiger partial charge in [-0.15, -0.1) is 0 Å². The SMILES string of the molecule is CNC1C(OC2C(OC3C(O)C(O)C(N=C(N)N)C(O)C3N=C(N)N)OC(C)C2(C=O)CO)OC(CO)C(O)C1O. The molecule has 0 spiro atoms. The summed E-state index contributed by atoms with van der Waals surface area (Å²) < 4.78 is 23.5. The van der Waals surface area contributed by atoms with Gasteiger partial charge < -0.3 is 87.7 Å². The quantitative estimate of drug-likeness (QED) is 0.0633. The van der Waals surface area contributed by atoms with Gasteiger partial charge in [-0.25, -0.2) is 9.98 Å². The Balaban J connectivity index is 2.00. The number of nitrogens with one attached hydrogen (secondary N) is 1. The molecule has 0 radical (unpaired) electrons. The zero-order valence-corrected chi connectivity index (χ0v) is 22.5. The molecule has 15 unspecified atom stereocenters.